The fourth-order valence-electron chi connectivity index (χ4n) is 9.39. The maximum atomic E-state index is 14.1. The number of amides is 1. The summed E-state index contributed by atoms with van der Waals surface area (Å²) in [6.45, 7) is 8.27. The maximum absolute atomic E-state index is 14.1. The fourth-order valence-corrected chi connectivity index (χ4v) is 9.39. The van der Waals surface area contributed by atoms with E-state index in [1.807, 2.05) is 36.4 Å². The van der Waals surface area contributed by atoms with E-state index in [1.165, 1.54) is 18.1 Å². The largest absolute Gasteiger partial charge is 0.483 e. The van der Waals surface area contributed by atoms with Crippen molar-refractivity contribution in [3.63, 3.8) is 0 Å². The molecule has 1 saturated heterocycles. The molecule has 0 aromatic heterocycles. The van der Waals surface area contributed by atoms with Crippen LogP contribution in [0, 0.1) is 17.8 Å². The number of carbonyl (C=O) groups excluding carboxylic acids is 3. The number of rotatable bonds is 12. The molecule has 3 aliphatic carbocycles. The monoisotopic (exact) mass is 628 g/mol. The van der Waals surface area contributed by atoms with Crippen LogP contribution in [0.1, 0.15) is 93.6 Å². The first kappa shape index (κ1) is 31.4. The van der Waals surface area contributed by atoms with E-state index < -0.39 is 0 Å². The van der Waals surface area contributed by atoms with E-state index in [2.05, 4.69) is 29.7 Å². The summed E-state index contributed by atoms with van der Waals surface area (Å²) in [4.78, 5) is 43.6. The number of ketones is 1. The second-order valence-electron chi connectivity index (χ2n) is 14.9. The summed E-state index contributed by atoms with van der Waals surface area (Å²) in [5, 5.41) is 10.2. The molecule has 1 N–H and O–H groups in total. The van der Waals surface area contributed by atoms with E-state index in [9.17, 15) is 19.5 Å². The third-order valence-corrected chi connectivity index (χ3v) is 11.4. The standard InChI is InChI=1S/C38H48N2O6/c1-23(2)21-40(34(44)12-8-7-11-31(42)25-9-5-4-6-10-25)29-15-14-28-30-19-26-13-16-33(45-24(3)41)36-35(26)38(28,37(29)46-36)17-18-39(30)22-27-20-32(27)43/h4-6,9-10,13,16,23,27-30,32,37,43H,7-8,11-12,14-15,17-22H2,1-3H3/t27?,28-,29+,30+,32?,37-,38-/m0/s1. The van der Waals surface area contributed by atoms with Crippen molar-refractivity contribution in [1.82, 2.24) is 9.80 Å². The molecule has 1 spiro atoms. The van der Waals surface area contributed by atoms with Gasteiger partial charge in [0.15, 0.2) is 17.3 Å². The zero-order valence-corrected chi connectivity index (χ0v) is 27.5. The molecular weight excluding hydrogens is 580 g/mol. The van der Waals surface area contributed by atoms with Gasteiger partial charge in [-0.25, -0.2) is 0 Å². The van der Waals surface area contributed by atoms with Crippen molar-refractivity contribution < 1.29 is 29.0 Å². The van der Waals surface area contributed by atoms with Crippen LogP contribution in [0.25, 0.3) is 0 Å². The first-order valence-electron chi connectivity index (χ1n) is 17.5. The number of carbonyl (C=O) groups is 3. The number of esters is 1. The molecule has 246 valence electrons. The molecular formula is C38H48N2O6. The summed E-state index contributed by atoms with van der Waals surface area (Å²) < 4.78 is 12.7. The smallest absolute Gasteiger partial charge is 0.308 e. The van der Waals surface area contributed by atoms with Gasteiger partial charge in [0, 0.05) is 61.4 Å². The Hall–Kier alpha value is -3.23. The number of ether oxygens (including phenoxy) is 2. The molecule has 2 unspecified atom stereocenters. The highest BCUT2D eigenvalue weighted by Crippen LogP contribution is 2.64. The molecule has 2 heterocycles. The average Bonchev–Trinajstić information content (AvgIpc) is 3.61. The number of piperidine rings is 1. The van der Waals surface area contributed by atoms with Gasteiger partial charge in [0.1, 0.15) is 6.10 Å². The molecule has 8 heteroatoms. The van der Waals surface area contributed by atoms with Gasteiger partial charge in [0.25, 0.3) is 0 Å². The zero-order chi connectivity index (χ0) is 32.2. The van der Waals surface area contributed by atoms with E-state index in [4.69, 9.17) is 9.47 Å². The lowest BCUT2D eigenvalue weighted by molar-refractivity contribution is -0.143. The minimum Gasteiger partial charge on any atom is -0.483 e. The zero-order valence-electron chi connectivity index (χ0n) is 27.5. The first-order chi connectivity index (χ1) is 22.2. The molecule has 2 bridgehead atoms. The van der Waals surface area contributed by atoms with Crippen LogP contribution in [0.3, 0.4) is 0 Å². The number of hydrogen-bond donors (Lipinski definition) is 1. The van der Waals surface area contributed by atoms with Crippen LogP contribution in [0.2, 0.25) is 0 Å². The summed E-state index contributed by atoms with van der Waals surface area (Å²) in [6.07, 6.45) is 6.43. The highest BCUT2D eigenvalue weighted by molar-refractivity contribution is 5.96. The van der Waals surface area contributed by atoms with Gasteiger partial charge in [-0.3, -0.25) is 19.3 Å². The van der Waals surface area contributed by atoms with Crippen molar-refractivity contribution in [2.75, 3.05) is 19.6 Å². The predicted octanol–water partition coefficient (Wildman–Crippen LogP) is 5.33. The van der Waals surface area contributed by atoms with Crippen LogP contribution in [0.4, 0.5) is 0 Å². The van der Waals surface area contributed by atoms with Crippen LogP contribution in [0.5, 0.6) is 11.5 Å². The van der Waals surface area contributed by atoms with Gasteiger partial charge in [0.2, 0.25) is 5.91 Å². The lowest BCUT2D eigenvalue weighted by atomic mass is 9.51. The van der Waals surface area contributed by atoms with Gasteiger partial charge in [-0.1, -0.05) is 50.2 Å². The molecule has 2 saturated carbocycles. The average molecular weight is 629 g/mol. The van der Waals surface area contributed by atoms with Gasteiger partial charge in [0.05, 0.1) is 12.1 Å². The second kappa shape index (κ2) is 12.4. The van der Waals surface area contributed by atoms with E-state index in [1.54, 1.807) is 0 Å². The van der Waals surface area contributed by atoms with Crippen LogP contribution in [-0.4, -0.2) is 76.5 Å². The maximum Gasteiger partial charge on any atom is 0.308 e. The minimum atomic E-state index is -0.367. The lowest BCUT2D eigenvalue weighted by Crippen LogP contribution is -2.69. The Morgan fingerprint density at radius 1 is 1.09 bits per heavy atom. The third-order valence-electron chi connectivity index (χ3n) is 11.4. The third kappa shape index (κ3) is 5.55. The van der Waals surface area contributed by atoms with Crippen molar-refractivity contribution in [3.05, 3.63) is 59.2 Å². The first-order valence-corrected chi connectivity index (χ1v) is 17.5. The minimum absolute atomic E-state index is 0.0851. The lowest BCUT2D eigenvalue weighted by Gasteiger charge is -2.60. The van der Waals surface area contributed by atoms with Crippen LogP contribution in [0.15, 0.2) is 42.5 Å². The Balaban J connectivity index is 1.15. The number of hydrogen-bond acceptors (Lipinski definition) is 7. The van der Waals surface area contributed by atoms with Crippen molar-refractivity contribution in [2.45, 2.75) is 108 Å². The Morgan fingerprint density at radius 3 is 2.57 bits per heavy atom. The topological polar surface area (TPSA) is 96.4 Å². The summed E-state index contributed by atoms with van der Waals surface area (Å²) in [5.74, 6) is 2.11. The van der Waals surface area contributed by atoms with Crippen molar-refractivity contribution in [2.24, 2.45) is 17.8 Å². The second-order valence-corrected chi connectivity index (χ2v) is 14.9. The van der Waals surface area contributed by atoms with Crippen LogP contribution in [-0.2, 0) is 21.4 Å². The van der Waals surface area contributed by atoms with E-state index in [0.29, 0.717) is 67.5 Å². The number of Topliss-reactive ketones (excluding diaryl/α,β-unsaturated/α-hetero) is 1. The van der Waals surface area contributed by atoms with Crippen LogP contribution >= 0.6 is 0 Å². The SMILES string of the molecule is CC(=O)Oc1ccc2c3c1O[C@H]1[C@H](N(CC(C)C)C(=O)CCCCC(=O)c4ccccc4)CC[C@H]4[C@@H](C2)N(CC2CC2O)CC[C@@]341. The van der Waals surface area contributed by atoms with Gasteiger partial charge in [-0.15, -0.1) is 0 Å². The number of aliphatic hydroxyl groups is 1. The molecule has 2 aromatic carbocycles. The molecule has 0 radical (unpaired) electrons. The van der Waals surface area contributed by atoms with E-state index in [0.717, 1.165) is 50.8 Å². The van der Waals surface area contributed by atoms with E-state index in [-0.39, 0.29) is 41.3 Å². The normalized spacial score (nSPS) is 30.4. The van der Waals surface area contributed by atoms with Crippen molar-refractivity contribution >= 4 is 17.7 Å². The highest BCUT2D eigenvalue weighted by atomic mass is 16.6. The van der Waals surface area contributed by atoms with Gasteiger partial charge < -0.3 is 19.5 Å². The molecule has 3 fully saturated rings. The summed E-state index contributed by atoms with van der Waals surface area (Å²) in [5.41, 5.74) is 2.95. The fraction of sp³-hybridized carbons (Fsp3) is 0.605. The van der Waals surface area contributed by atoms with Gasteiger partial charge in [-0.05, 0) is 75.0 Å². The summed E-state index contributed by atoms with van der Waals surface area (Å²) in [6, 6.07) is 13.7. The Morgan fingerprint density at radius 2 is 1.85 bits per heavy atom. The molecule has 8 nitrogen and oxygen atoms in total. The summed E-state index contributed by atoms with van der Waals surface area (Å²) in [7, 11) is 0. The quantitative estimate of drug-likeness (QED) is 0.147. The van der Waals surface area contributed by atoms with Gasteiger partial charge >= 0.3 is 5.97 Å². The molecule has 46 heavy (non-hydrogen) atoms. The molecule has 7 atom stereocenters. The van der Waals surface area contributed by atoms with Gasteiger partial charge in [-0.2, -0.15) is 0 Å². The van der Waals surface area contributed by atoms with Crippen molar-refractivity contribution in [3.8, 4) is 11.5 Å². The molecule has 2 aromatic rings. The summed E-state index contributed by atoms with van der Waals surface area (Å²) >= 11 is 0. The molecule has 1 amide bonds. The number of benzene rings is 2. The van der Waals surface area contributed by atoms with Crippen molar-refractivity contribution in [1.29, 1.82) is 0 Å². The van der Waals surface area contributed by atoms with Crippen LogP contribution < -0.4 is 9.47 Å². The number of unbranched alkanes of at least 4 members (excludes halogenated alkanes) is 1. The number of likely N-dealkylation sites (tertiary alicyclic amines) is 1. The molecule has 5 aliphatic rings. The van der Waals surface area contributed by atoms with E-state index >= 15 is 0 Å². The highest BCUT2D eigenvalue weighted by Gasteiger charge is 2.67. The molecule has 2 aliphatic heterocycles. The number of nitrogens with zero attached hydrogens (tertiary/aromatic N) is 2. The number of aliphatic hydroxyl groups excluding tert-OH is 1. The Labute approximate surface area is 272 Å². The Bertz CT molecular complexity index is 1490. The molecule has 7 rings (SSSR count). The Kier molecular flexibility index (Phi) is 8.47. The predicted molar refractivity (Wildman–Crippen MR) is 174 cm³/mol.